The lowest BCUT2D eigenvalue weighted by atomic mass is 10.2. The molecule has 0 bridgehead atoms. The van der Waals surface area contributed by atoms with Crippen molar-refractivity contribution < 1.29 is 19.8 Å². The molecular formula is C12H15NO4. The van der Waals surface area contributed by atoms with Gasteiger partial charge in [-0.05, 0) is 5.56 Å². The molecule has 1 aromatic rings. The van der Waals surface area contributed by atoms with E-state index >= 15 is 0 Å². The van der Waals surface area contributed by atoms with Crippen molar-refractivity contribution >= 4 is 12.4 Å². The van der Waals surface area contributed by atoms with Gasteiger partial charge in [0.1, 0.15) is 0 Å². The molecule has 1 aromatic carbocycles. The fourth-order valence-corrected chi connectivity index (χ4v) is 1.40. The second-order valence-corrected chi connectivity index (χ2v) is 3.70. The van der Waals surface area contributed by atoms with Crippen LogP contribution in [0.4, 0.5) is 0 Å². The molecule has 0 aliphatic rings. The maximum atomic E-state index is 10.8. The van der Waals surface area contributed by atoms with Crippen molar-refractivity contribution in [3.05, 3.63) is 35.9 Å². The van der Waals surface area contributed by atoms with Crippen molar-refractivity contribution in [2.24, 2.45) is 0 Å². The molecule has 0 aromatic heterocycles. The van der Waals surface area contributed by atoms with Crippen molar-refractivity contribution in [3.8, 4) is 0 Å². The summed E-state index contributed by atoms with van der Waals surface area (Å²) >= 11 is 0. The van der Waals surface area contributed by atoms with Crippen molar-refractivity contribution in [2.75, 3.05) is 6.54 Å². The second kappa shape index (κ2) is 6.65. The van der Waals surface area contributed by atoms with Crippen LogP contribution >= 0.6 is 0 Å². The Bertz CT molecular complexity index is 366. The van der Waals surface area contributed by atoms with Crippen LogP contribution in [0.25, 0.3) is 0 Å². The highest BCUT2D eigenvalue weighted by atomic mass is 16.4. The van der Waals surface area contributed by atoms with Gasteiger partial charge in [-0.2, -0.15) is 0 Å². The minimum absolute atomic E-state index is 0.0287. The van der Waals surface area contributed by atoms with E-state index in [1.54, 1.807) is 0 Å². The van der Waals surface area contributed by atoms with E-state index in [4.69, 9.17) is 10.2 Å². The molecular weight excluding hydrogens is 222 g/mol. The number of amides is 1. The molecule has 1 atom stereocenters. The lowest BCUT2D eigenvalue weighted by molar-refractivity contribution is -0.147. The van der Waals surface area contributed by atoms with E-state index < -0.39 is 12.1 Å². The summed E-state index contributed by atoms with van der Waals surface area (Å²) in [6, 6.07) is 9.37. The number of hydrogen-bond donors (Lipinski definition) is 2. The standard InChI is InChI=1S/C12H15NO4/c14-9-13(7-6-11(15)12(16)17)8-10-4-2-1-3-5-10/h1-5,9,11,15H,6-8H2,(H,16,17)/t11-/m0/s1. The molecule has 0 radical (unpaired) electrons. The Hall–Kier alpha value is -1.88. The highest BCUT2D eigenvalue weighted by Gasteiger charge is 2.14. The maximum Gasteiger partial charge on any atom is 0.332 e. The number of carboxylic acid groups (broad SMARTS) is 1. The number of aliphatic hydroxyl groups excluding tert-OH is 1. The molecule has 17 heavy (non-hydrogen) atoms. The lowest BCUT2D eigenvalue weighted by Crippen LogP contribution is -2.29. The third-order valence-electron chi connectivity index (χ3n) is 2.35. The Balaban J connectivity index is 2.44. The van der Waals surface area contributed by atoms with Gasteiger partial charge in [-0.15, -0.1) is 0 Å². The first-order valence-electron chi connectivity index (χ1n) is 5.27. The predicted octanol–water partition coefficient (Wildman–Crippen LogP) is 0.481. The van der Waals surface area contributed by atoms with E-state index in [1.807, 2.05) is 30.3 Å². The third-order valence-corrected chi connectivity index (χ3v) is 2.35. The van der Waals surface area contributed by atoms with Crippen LogP contribution in [-0.4, -0.2) is 40.1 Å². The van der Waals surface area contributed by atoms with E-state index in [0.29, 0.717) is 13.0 Å². The minimum atomic E-state index is -1.42. The van der Waals surface area contributed by atoms with E-state index in [-0.39, 0.29) is 13.0 Å². The molecule has 0 heterocycles. The van der Waals surface area contributed by atoms with Crippen molar-refractivity contribution in [3.63, 3.8) is 0 Å². The summed E-state index contributed by atoms with van der Waals surface area (Å²) in [6.07, 6.45) is -0.740. The van der Waals surface area contributed by atoms with E-state index in [9.17, 15) is 9.59 Å². The molecule has 2 N–H and O–H groups in total. The minimum Gasteiger partial charge on any atom is -0.479 e. The number of benzene rings is 1. The van der Waals surface area contributed by atoms with Crippen LogP contribution in [0, 0.1) is 0 Å². The average Bonchev–Trinajstić information content (AvgIpc) is 2.35. The number of hydrogen-bond acceptors (Lipinski definition) is 3. The van der Waals surface area contributed by atoms with Crippen LogP contribution < -0.4 is 0 Å². The van der Waals surface area contributed by atoms with Gasteiger partial charge in [-0.1, -0.05) is 30.3 Å². The molecule has 0 aliphatic heterocycles. The lowest BCUT2D eigenvalue weighted by Gasteiger charge is -2.18. The highest BCUT2D eigenvalue weighted by molar-refractivity contribution is 5.71. The SMILES string of the molecule is O=CN(CC[C@H](O)C(=O)O)Cc1ccccc1. The van der Waals surface area contributed by atoms with Crippen LogP contribution in [0.1, 0.15) is 12.0 Å². The normalized spacial score (nSPS) is 11.8. The average molecular weight is 237 g/mol. The molecule has 0 fully saturated rings. The van der Waals surface area contributed by atoms with Gasteiger partial charge in [0.25, 0.3) is 0 Å². The monoisotopic (exact) mass is 237 g/mol. The van der Waals surface area contributed by atoms with Crippen LogP contribution in [0.2, 0.25) is 0 Å². The molecule has 0 aliphatic carbocycles. The Morgan fingerprint density at radius 3 is 2.53 bits per heavy atom. The number of carbonyl (C=O) groups excluding carboxylic acids is 1. The van der Waals surface area contributed by atoms with Crippen molar-refractivity contribution in [1.29, 1.82) is 0 Å². The van der Waals surface area contributed by atoms with Crippen LogP contribution in [0.5, 0.6) is 0 Å². The largest absolute Gasteiger partial charge is 0.479 e. The molecule has 92 valence electrons. The molecule has 1 rings (SSSR count). The Labute approximate surface area is 99.3 Å². The Kier molecular flexibility index (Phi) is 5.16. The first-order valence-corrected chi connectivity index (χ1v) is 5.27. The van der Waals surface area contributed by atoms with Crippen molar-refractivity contribution in [1.82, 2.24) is 4.90 Å². The first-order chi connectivity index (χ1) is 8.13. The van der Waals surface area contributed by atoms with Gasteiger partial charge in [0.15, 0.2) is 6.10 Å². The van der Waals surface area contributed by atoms with Gasteiger partial charge < -0.3 is 15.1 Å². The van der Waals surface area contributed by atoms with Crippen LogP contribution in [-0.2, 0) is 16.1 Å². The number of rotatable bonds is 7. The molecule has 0 unspecified atom stereocenters. The van der Waals surface area contributed by atoms with Crippen LogP contribution in [0.3, 0.4) is 0 Å². The van der Waals surface area contributed by atoms with Gasteiger partial charge in [0.05, 0.1) is 0 Å². The van der Waals surface area contributed by atoms with Crippen molar-refractivity contribution in [2.45, 2.75) is 19.1 Å². The quantitative estimate of drug-likeness (QED) is 0.676. The summed E-state index contributed by atoms with van der Waals surface area (Å²) in [6.45, 7) is 0.628. The van der Waals surface area contributed by atoms with Crippen LogP contribution in [0.15, 0.2) is 30.3 Å². The fraction of sp³-hybridized carbons (Fsp3) is 0.333. The van der Waals surface area contributed by atoms with E-state index in [0.717, 1.165) is 5.56 Å². The van der Waals surface area contributed by atoms with Gasteiger partial charge in [-0.25, -0.2) is 4.79 Å². The van der Waals surface area contributed by atoms with E-state index in [1.165, 1.54) is 4.90 Å². The van der Waals surface area contributed by atoms with Gasteiger partial charge >= 0.3 is 5.97 Å². The zero-order valence-corrected chi connectivity index (χ0v) is 9.32. The van der Waals surface area contributed by atoms with Gasteiger partial charge in [0.2, 0.25) is 6.41 Å². The number of aliphatic hydroxyl groups is 1. The van der Waals surface area contributed by atoms with Gasteiger partial charge in [-0.3, -0.25) is 4.79 Å². The predicted molar refractivity (Wildman–Crippen MR) is 61.2 cm³/mol. The zero-order valence-electron chi connectivity index (χ0n) is 9.32. The van der Waals surface area contributed by atoms with Gasteiger partial charge in [0, 0.05) is 19.5 Å². The van der Waals surface area contributed by atoms with E-state index in [2.05, 4.69) is 0 Å². The summed E-state index contributed by atoms with van der Waals surface area (Å²) in [5.41, 5.74) is 0.962. The third kappa shape index (κ3) is 4.65. The first kappa shape index (κ1) is 13.2. The smallest absolute Gasteiger partial charge is 0.332 e. The maximum absolute atomic E-state index is 10.8. The fourth-order valence-electron chi connectivity index (χ4n) is 1.40. The summed E-state index contributed by atoms with van der Waals surface area (Å²) < 4.78 is 0. The Morgan fingerprint density at radius 1 is 1.35 bits per heavy atom. The summed E-state index contributed by atoms with van der Waals surface area (Å²) in [7, 11) is 0. The second-order valence-electron chi connectivity index (χ2n) is 3.70. The number of nitrogens with zero attached hydrogens (tertiary/aromatic N) is 1. The molecule has 0 saturated carbocycles. The molecule has 1 amide bonds. The summed E-state index contributed by atoms with van der Waals surface area (Å²) in [5.74, 6) is -1.27. The zero-order chi connectivity index (χ0) is 12.7. The topological polar surface area (TPSA) is 77.8 Å². The number of carbonyl (C=O) groups is 2. The highest BCUT2D eigenvalue weighted by Crippen LogP contribution is 2.04. The molecule has 5 nitrogen and oxygen atoms in total. The number of carboxylic acids is 1. The summed E-state index contributed by atoms with van der Waals surface area (Å²) in [5, 5.41) is 17.6. The Morgan fingerprint density at radius 2 is 2.00 bits per heavy atom. The molecule has 0 spiro atoms. The number of aliphatic carboxylic acids is 1. The summed E-state index contributed by atoms with van der Waals surface area (Å²) in [4.78, 5) is 22.6. The molecule has 0 saturated heterocycles. The molecule has 5 heteroatoms.